The van der Waals surface area contributed by atoms with Gasteiger partial charge in [0, 0.05) is 5.56 Å². The zero-order valence-corrected chi connectivity index (χ0v) is 11.1. The monoisotopic (exact) mass is 246 g/mol. The second-order valence-corrected chi connectivity index (χ2v) is 5.51. The Morgan fingerprint density at radius 2 is 1.94 bits per heavy atom. The van der Waals surface area contributed by atoms with Crippen LogP contribution in [0.2, 0.25) is 0 Å². The first-order valence-corrected chi connectivity index (χ1v) is 5.86. The lowest BCUT2D eigenvalue weighted by Gasteiger charge is -2.22. The van der Waals surface area contributed by atoms with Gasteiger partial charge >= 0.3 is 0 Å². The van der Waals surface area contributed by atoms with Crippen LogP contribution in [-0.2, 0) is 5.41 Å². The SMILES string of the molecule is Cc1ccc(C(C)(C)C)c(O)c1-c1cnoc1N. The summed E-state index contributed by atoms with van der Waals surface area (Å²) in [5, 5.41) is 14.1. The average molecular weight is 246 g/mol. The van der Waals surface area contributed by atoms with E-state index in [1.807, 2.05) is 19.1 Å². The molecule has 0 unspecified atom stereocenters. The van der Waals surface area contributed by atoms with Crippen molar-refractivity contribution in [2.45, 2.75) is 33.1 Å². The van der Waals surface area contributed by atoms with Crippen molar-refractivity contribution in [2.75, 3.05) is 5.73 Å². The molecule has 0 saturated heterocycles. The maximum Gasteiger partial charge on any atom is 0.230 e. The van der Waals surface area contributed by atoms with Gasteiger partial charge in [0.1, 0.15) is 5.75 Å². The van der Waals surface area contributed by atoms with Gasteiger partial charge in [-0.1, -0.05) is 38.1 Å². The summed E-state index contributed by atoms with van der Waals surface area (Å²) in [6.07, 6.45) is 1.53. The fourth-order valence-corrected chi connectivity index (χ4v) is 2.07. The number of phenolic OH excluding ortho intramolecular Hbond substituents is 1. The van der Waals surface area contributed by atoms with Crippen molar-refractivity contribution in [3.05, 3.63) is 29.5 Å². The highest BCUT2D eigenvalue weighted by atomic mass is 16.5. The molecular formula is C14H18N2O2. The summed E-state index contributed by atoms with van der Waals surface area (Å²) < 4.78 is 4.87. The molecule has 0 aliphatic heterocycles. The Morgan fingerprint density at radius 3 is 2.44 bits per heavy atom. The van der Waals surface area contributed by atoms with Crippen molar-refractivity contribution in [1.82, 2.24) is 5.16 Å². The first-order chi connectivity index (χ1) is 8.32. The van der Waals surface area contributed by atoms with E-state index in [0.29, 0.717) is 11.1 Å². The third kappa shape index (κ3) is 1.94. The van der Waals surface area contributed by atoms with Gasteiger partial charge in [0.2, 0.25) is 5.88 Å². The number of phenols is 1. The minimum absolute atomic E-state index is 0.140. The normalized spacial score (nSPS) is 11.8. The number of hydrogen-bond acceptors (Lipinski definition) is 4. The fourth-order valence-electron chi connectivity index (χ4n) is 2.07. The summed E-state index contributed by atoms with van der Waals surface area (Å²) in [6.45, 7) is 8.09. The van der Waals surface area contributed by atoms with Gasteiger partial charge in [-0.05, 0) is 23.5 Å². The fraction of sp³-hybridized carbons (Fsp3) is 0.357. The summed E-state index contributed by atoms with van der Waals surface area (Å²) >= 11 is 0. The van der Waals surface area contributed by atoms with E-state index in [1.54, 1.807) is 0 Å². The maximum absolute atomic E-state index is 10.5. The zero-order valence-electron chi connectivity index (χ0n) is 11.1. The van der Waals surface area contributed by atoms with Gasteiger partial charge in [0.05, 0.1) is 11.8 Å². The number of nitrogen functional groups attached to an aromatic ring is 1. The van der Waals surface area contributed by atoms with Crippen LogP contribution in [0.3, 0.4) is 0 Å². The maximum atomic E-state index is 10.5. The van der Waals surface area contributed by atoms with Crippen LogP contribution in [0.4, 0.5) is 5.88 Å². The van der Waals surface area contributed by atoms with E-state index in [2.05, 4.69) is 25.9 Å². The van der Waals surface area contributed by atoms with E-state index in [9.17, 15) is 5.11 Å². The number of rotatable bonds is 1. The number of nitrogens with zero attached hydrogens (tertiary/aromatic N) is 1. The highest BCUT2D eigenvalue weighted by Crippen LogP contribution is 2.42. The summed E-state index contributed by atoms with van der Waals surface area (Å²) in [4.78, 5) is 0. The summed E-state index contributed by atoms with van der Waals surface area (Å²) in [5.74, 6) is 0.469. The number of hydrogen-bond donors (Lipinski definition) is 2. The molecule has 1 heterocycles. The summed E-state index contributed by atoms with van der Waals surface area (Å²) in [7, 11) is 0. The van der Waals surface area contributed by atoms with Crippen LogP contribution in [-0.4, -0.2) is 10.3 Å². The molecule has 0 aliphatic rings. The Balaban J connectivity index is 2.72. The quantitative estimate of drug-likeness (QED) is 0.810. The first kappa shape index (κ1) is 12.5. The number of benzene rings is 1. The molecule has 4 nitrogen and oxygen atoms in total. The summed E-state index contributed by atoms with van der Waals surface area (Å²) in [6, 6.07) is 3.92. The standard InChI is InChI=1S/C14H18N2O2/c1-8-5-6-10(14(2,3)4)12(17)11(8)9-7-16-18-13(9)15/h5-7,17H,15H2,1-4H3. The van der Waals surface area contributed by atoms with E-state index < -0.39 is 0 Å². The lowest BCUT2D eigenvalue weighted by molar-refractivity contribution is 0.436. The van der Waals surface area contributed by atoms with Gasteiger partial charge < -0.3 is 15.4 Å². The molecule has 0 amide bonds. The highest BCUT2D eigenvalue weighted by Gasteiger charge is 2.23. The van der Waals surface area contributed by atoms with Crippen molar-refractivity contribution < 1.29 is 9.63 Å². The van der Waals surface area contributed by atoms with Gasteiger partial charge in [-0.25, -0.2) is 0 Å². The molecule has 4 heteroatoms. The van der Waals surface area contributed by atoms with Crippen molar-refractivity contribution >= 4 is 5.88 Å². The van der Waals surface area contributed by atoms with Crippen LogP contribution in [0.15, 0.2) is 22.9 Å². The molecule has 1 aromatic carbocycles. The topological polar surface area (TPSA) is 72.3 Å². The Labute approximate surface area is 106 Å². The molecular weight excluding hydrogens is 228 g/mol. The third-order valence-electron chi connectivity index (χ3n) is 3.06. The van der Waals surface area contributed by atoms with Gasteiger partial charge in [-0.15, -0.1) is 0 Å². The zero-order chi connectivity index (χ0) is 13.5. The molecule has 2 aromatic rings. The van der Waals surface area contributed by atoms with Crippen LogP contribution in [0, 0.1) is 6.92 Å². The van der Waals surface area contributed by atoms with Gasteiger partial charge in [-0.3, -0.25) is 0 Å². The minimum Gasteiger partial charge on any atom is -0.507 e. The van der Waals surface area contributed by atoms with Crippen molar-refractivity contribution in [3.8, 4) is 16.9 Å². The Kier molecular flexibility index (Phi) is 2.81. The van der Waals surface area contributed by atoms with Crippen LogP contribution in [0.1, 0.15) is 31.9 Å². The van der Waals surface area contributed by atoms with Crippen LogP contribution < -0.4 is 5.73 Å². The lowest BCUT2D eigenvalue weighted by Crippen LogP contribution is -2.12. The molecule has 1 aromatic heterocycles. The molecule has 96 valence electrons. The molecule has 18 heavy (non-hydrogen) atoms. The van der Waals surface area contributed by atoms with Crippen molar-refractivity contribution in [1.29, 1.82) is 0 Å². The number of aromatic nitrogens is 1. The molecule has 0 bridgehead atoms. The average Bonchev–Trinajstić information content (AvgIpc) is 2.63. The number of aryl methyl sites for hydroxylation is 1. The van der Waals surface area contributed by atoms with E-state index in [4.69, 9.17) is 10.3 Å². The highest BCUT2D eigenvalue weighted by molar-refractivity contribution is 5.80. The number of aromatic hydroxyl groups is 1. The Morgan fingerprint density at radius 1 is 1.28 bits per heavy atom. The second kappa shape index (κ2) is 4.05. The Bertz CT molecular complexity index is 580. The first-order valence-electron chi connectivity index (χ1n) is 5.86. The molecule has 3 N–H and O–H groups in total. The molecule has 0 radical (unpaired) electrons. The van der Waals surface area contributed by atoms with Crippen molar-refractivity contribution in [2.24, 2.45) is 0 Å². The van der Waals surface area contributed by atoms with Gasteiger partial charge in [0.15, 0.2) is 0 Å². The minimum atomic E-state index is -0.140. The summed E-state index contributed by atoms with van der Waals surface area (Å²) in [5.41, 5.74) is 8.74. The van der Waals surface area contributed by atoms with Crippen LogP contribution in [0.5, 0.6) is 5.75 Å². The Hall–Kier alpha value is -1.97. The molecule has 0 saturated carbocycles. The molecule has 0 fully saturated rings. The van der Waals surface area contributed by atoms with E-state index in [-0.39, 0.29) is 17.0 Å². The third-order valence-corrected chi connectivity index (χ3v) is 3.06. The molecule has 0 spiro atoms. The van der Waals surface area contributed by atoms with E-state index >= 15 is 0 Å². The molecule has 2 rings (SSSR count). The smallest absolute Gasteiger partial charge is 0.230 e. The number of nitrogens with two attached hydrogens (primary N) is 1. The second-order valence-electron chi connectivity index (χ2n) is 5.51. The largest absolute Gasteiger partial charge is 0.507 e. The number of anilines is 1. The van der Waals surface area contributed by atoms with Crippen LogP contribution in [0.25, 0.3) is 11.1 Å². The van der Waals surface area contributed by atoms with E-state index in [1.165, 1.54) is 6.20 Å². The van der Waals surface area contributed by atoms with Crippen molar-refractivity contribution in [3.63, 3.8) is 0 Å². The van der Waals surface area contributed by atoms with Crippen LogP contribution >= 0.6 is 0 Å². The van der Waals surface area contributed by atoms with Gasteiger partial charge in [0.25, 0.3) is 0 Å². The molecule has 0 atom stereocenters. The lowest BCUT2D eigenvalue weighted by atomic mass is 9.83. The molecule has 0 aliphatic carbocycles. The van der Waals surface area contributed by atoms with E-state index in [0.717, 1.165) is 11.1 Å². The predicted octanol–water partition coefficient (Wildman–Crippen LogP) is 3.24. The predicted molar refractivity (Wildman–Crippen MR) is 71.5 cm³/mol. The van der Waals surface area contributed by atoms with Gasteiger partial charge in [-0.2, -0.15) is 0 Å².